The van der Waals surface area contributed by atoms with Gasteiger partial charge in [0, 0.05) is 18.0 Å². The topological polar surface area (TPSA) is 35.0 Å². The molecule has 1 aromatic heterocycles. The molecule has 1 fully saturated rings. The maximum absolute atomic E-state index is 6.07. The van der Waals surface area contributed by atoms with Crippen molar-refractivity contribution in [2.45, 2.75) is 155 Å². The number of rotatable bonds is 22. The van der Waals surface area contributed by atoms with Gasteiger partial charge < -0.3 is 4.74 Å². The molecule has 1 aliphatic carbocycles. The summed E-state index contributed by atoms with van der Waals surface area (Å²) in [4.78, 5) is 9.25. The molecule has 0 atom stereocenters. The Balaban J connectivity index is 1.22. The van der Waals surface area contributed by atoms with Gasteiger partial charge in [0.15, 0.2) is 5.82 Å². The number of hydrogen-bond donors (Lipinski definition) is 0. The Bertz CT molecular complexity index is 855. The van der Waals surface area contributed by atoms with Crippen molar-refractivity contribution >= 4 is 0 Å². The van der Waals surface area contributed by atoms with Crippen LogP contribution >= 0.6 is 0 Å². The molecular weight excluding hydrogens is 488 g/mol. The van der Waals surface area contributed by atoms with Gasteiger partial charge in [0.2, 0.25) is 0 Å². The van der Waals surface area contributed by atoms with Gasteiger partial charge in [-0.1, -0.05) is 129 Å². The summed E-state index contributed by atoms with van der Waals surface area (Å²) in [5.74, 6) is 3.68. The molecule has 1 aromatic carbocycles. The van der Waals surface area contributed by atoms with Crippen LogP contribution in [-0.4, -0.2) is 16.6 Å². The van der Waals surface area contributed by atoms with Crippen molar-refractivity contribution in [3.63, 3.8) is 0 Å². The van der Waals surface area contributed by atoms with Crippen LogP contribution in [0.2, 0.25) is 0 Å². The highest BCUT2D eigenvalue weighted by Crippen LogP contribution is 2.34. The van der Waals surface area contributed by atoms with Crippen LogP contribution in [0.15, 0.2) is 36.7 Å². The van der Waals surface area contributed by atoms with Crippen LogP contribution in [0.3, 0.4) is 0 Å². The minimum absolute atomic E-state index is 0.802. The minimum Gasteiger partial charge on any atom is -0.494 e. The smallest absolute Gasteiger partial charge is 0.159 e. The Labute approximate surface area is 247 Å². The van der Waals surface area contributed by atoms with Crippen LogP contribution in [0.5, 0.6) is 5.75 Å². The molecule has 1 heterocycles. The van der Waals surface area contributed by atoms with E-state index in [0.717, 1.165) is 48.4 Å². The van der Waals surface area contributed by atoms with E-state index in [9.17, 15) is 0 Å². The summed E-state index contributed by atoms with van der Waals surface area (Å²) in [5, 5.41) is 0. The molecule has 1 saturated carbocycles. The number of unbranched alkanes of at least 4 members (excludes halogenated alkanes) is 12. The van der Waals surface area contributed by atoms with Crippen LogP contribution in [-0.2, 0) is 6.42 Å². The lowest BCUT2D eigenvalue weighted by Gasteiger charge is -2.28. The third-order valence-electron chi connectivity index (χ3n) is 9.09. The lowest BCUT2D eigenvalue weighted by atomic mass is 9.78. The zero-order valence-electron chi connectivity index (χ0n) is 26.2. The summed E-state index contributed by atoms with van der Waals surface area (Å²) in [7, 11) is 0. The molecule has 0 spiro atoms. The van der Waals surface area contributed by atoms with Gasteiger partial charge in [-0.25, -0.2) is 9.97 Å². The Hall–Kier alpha value is -1.90. The van der Waals surface area contributed by atoms with Crippen LogP contribution < -0.4 is 4.74 Å². The molecule has 1 aliphatic rings. The van der Waals surface area contributed by atoms with Gasteiger partial charge in [-0.15, -0.1) is 0 Å². The average Bonchev–Trinajstić information content (AvgIpc) is 3.00. The molecule has 0 N–H and O–H groups in total. The first-order valence-corrected chi connectivity index (χ1v) is 17.3. The maximum atomic E-state index is 6.07. The van der Waals surface area contributed by atoms with E-state index in [0.29, 0.717) is 0 Å². The van der Waals surface area contributed by atoms with Gasteiger partial charge in [0.1, 0.15) is 5.75 Å². The SMILES string of the molecule is CCCCCCCCCC[C@H]1CC[C@H](CCCOc2ccc(-c3ncc(CCCCCCCC)cn3)cc2)CC1. The summed E-state index contributed by atoms with van der Waals surface area (Å²) in [6.45, 7) is 5.39. The fourth-order valence-corrected chi connectivity index (χ4v) is 6.38. The zero-order chi connectivity index (χ0) is 28.1. The minimum atomic E-state index is 0.802. The molecule has 3 nitrogen and oxygen atoms in total. The van der Waals surface area contributed by atoms with Gasteiger partial charge >= 0.3 is 0 Å². The molecule has 3 rings (SSSR count). The molecule has 2 aromatic rings. The van der Waals surface area contributed by atoms with E-state index in [1.807, 2.05) is 12.4 Å². The van der Waals surface area contributed by atoms with Crippen molar-refractivity contribution in [1.82, 2.24) is 9.97 Å². The molecule has 0 bridgehead atoms. The third kappa shape index (κ3) is 13.6. The number of nitrogens with zero attached hydrogens (tertiary/aromatic N) is 2. The molecular formula is C37H60N2O. The molecule has 0 radical (unpaired) electrons. The van der Waals surface area contributed by atoms with Crippen molar-refractivity contribution in [1.29, 1.82) is 0 Å². The van der Waals surface area contributed by atoms with Crippen molar-refractivity contribution in [3.8, 4) is 17.1 Å². The molecule has 0 amide bonds. The second-order valence-corrected chi connectivity index (χ2v) is 12.6. The Morgan fingerprint density at radius 1 is 0.600 bits per heavy atom. The van der Waals surface area contributed by atoms with E-state index in [4.69, 9.17) is 4.74 Å². The van der Waals surface area contributed by atoms with E-state index in [-0.39, 0.29) is 0 Å². The maximum Gasteiger partial charge on any atom is 0.159 e. The molecule has 0 saturated heterocycles. The molecule has 224 valence electrons. The van der Waals surface area contributed by atoms with E-state index in [2.05, 4.69) is 48.1 Å². The van der Waals surface area contributed by atoms with Crippen molar-refractivity contribution < 1.29 is 4.74 Å². The fourth-order valence-electron chi connectivity index (χ4n) is 6.38. The Morgan fingerprint density at radius 3 is 1.68 bits per heavy atom. The lowest BCUT2D eigenvalue weighted by Crippen LogP contribution is -2.15. The van der Waals surface area contributed by atoms with E-state index < -0.39 is 0 Å². The van der Waals surface area contributed by atoms with Crippen molar-refractivity contribution in [2.75, 3.05) is 6.61 Å². The summed E-state index contributed by atoms with van der Waals surface area (Å²) < 4.78 is 6.07. The summed E-state index contributed by atoms with van der Waals surface area (Å²) in [6.07, 6.45) is 34.3. The predicted molar refractivity (Wildman–Crippen MR) is 172 cm³/mol. The Morgan fingerprint density at radius 2 is 1.10 bits per heavy atom. The van der Waals surface area contributed by atoms with Crippen LogP contribution in [0, 0.1) is 11.8 Å². The lowest BCUT2D eigenvalue weighted by molar-refractivity contribution is 0.228. The number of aryl methyl sites for hydroxylation is 1. The van der Waals surface area contributed by atoms with E-state index in [1.54, 1.807) is 0 Å². The highest BCUT2D eigenvalue weighted by molar-refractivity contribution is 5.55. The first kappa shape index (κ1) is 32.6. The summed E-state index contributed by atoms with van der Waals surface area (Å²) >= 11 is 0. The Kier molecular flexibility index (Phi) is 17.0. The molecule has 40 heavy (non-hydrogen) atoms. The van der Waals surface area contributed by atoms with Gasteiger partial charge in [0.05, 0.1) is 6.61 Å². The second-order valence-electron chi connectivity index (χ2n) is 12.6. The van der Waals surface area contributed by atoms with Gasteiger partial charge in [-0.3, -0.25) is 0 Å². The quantitative estimate of drug-likeness (QED) is 0.137. The first-order valence-electron chi connectivity index (χ1n) is 17.3. The molecule has 3 heteroatoms. The standard InChI is InChI=1S/C37H60N2O/c1-3-5-7-9-11-12-14-15-18-32-21-23-33(24-22-32)20-17-29-40-36-27-25-35(26-28-36)37-38-30-34(31-39-37)19-16-13-10-8-6-4-2/h25-28,30-33H,3-24,29H2,1-2H3/t32-,33-. The van der Waals surface area contributed by atoms with Crippen LogP contribution in [0.4, 0.5) is 0 Å². The highest BCUT2D eigenvalue weighted by Gasteiger charge is 2.20. The number of aromatic nitrogens is 2. The predicted octanol–water partition coefficient (Wildman–Crippen LogP) is 11.5. The van der Waals surface area contributed by atoms with Gasteiger partial charge in [0.25, 0.3) is 0 Å². The number of hydrogen-bond acceptors (Lipinski definition) is 3. The van der Waals surface area contributed by atoms with Gasteiger partial charge in [-0.2, -0.15) is 0 Å². The zero-order valence-corrected chi connectivity index (χ0v) is 26.2. The first-order chi connectivity index (χ1) is 19.8. The fraction of sp³-hybridized carbons (Fsp3) is 0.730. The van der Waals surface area contributed by atoms with Crippen molar-refractivity contribution in [3.05, 3.63) is 42.2 Å². The second kappa shape index (κ2) is 20.9. The molecule has 0 aliphatic heterocycles. The van der Waals surface area contributed by atoms with Crippen LogP contribution in [0.1, 0.15) is 154 Å². The molecule has 0 unspecified atom stereocenters. The average molecular weight is 549 g/mol. The third-order valence-corrected chi connectivity index (χ3v) is 9.09. The number of benzene rings is 1. The summed E-state index contributed by atoms with van der Waals surface area (Å²) in [5.41, 5.74) is 2.30. The van der Waals surface area contributed by atoms with E-state index in [1.165, 1.54) is 134 Å². The van der Waals surface area contributed by atoms with Gasteiger partial charge in [-0.05, 0) is 67.3 Å². The normalized spacial score (nSPS) is 17.2. The largest absolute Gasteiger partial charge is 0.494 e. The monoisotopic (exact) mass is 548 g/mol. The van der Waals surface area contributed by atoms with E-state index >= 15 is 0 Å². The summed E-state index contributed by atoms with van der Waals surface area (Å²) in [6, 6.07) is 8.32. The number of ether oxygens (including phenoxy) is 1. The van der Waals surface area contributed by atoms with Crippen molar-refractivity contribution in [2.24, 2.45) is 11.8 Å². The van der Waals surface area contributed by atoms with Crippen LogP contribution in [0.25, 0.3) is 11.4 Å². The highest BCUT2D eigenvalue weighted by atomic mass is 16.5.